The number of ketones is 1. The van der Waals surface area contributed by atoms with Gasteiger partial charge in [-0.2, -0.15) is 5.10 Å². The number of rotatable bonds is 7. The van der Waals surface area contributed by atoms with Gasteiger partial charge in [0.1, 0.15) is 6.54 Å². The topological polar surface area (TPSA) is 119 Å². The maximum absolute atomic E-state index is 13.4. The van der Waals surface area contributed by atoms with Gasteiger partial charge in [0.05, 0.1) is 11.6 Å². The highest BCUT2D eigenvalue weighted by Gasteiger charge is 2.55. The van der Waals surface area contributed by atoms with Gasteiger partial charge < -0.3 is 15.7 Å². The molecule has 1 aromatic heterocycles. The van der Waals surface area contributed by atoms with Crippen LogP contribution in [0.4, 0.5) is 0 Å². The number of aromatic nitrogens is 2. The van der Waals surface area contributed by atoms with Crippen LogP contribution in [0.2, 0.25) is 0 Å². The first kappa shape index (κ1) is 22.1. The van der Waals surface area contributed by atoms with Gasteiger partial charge in [0, 0.05) is 24.5 Å². The summed E-state index contributed by atoms with van der Waals surface area (Å²) < 4.78 is 1.53. The molecular weight excluding hydrogens is 420 g/mol. The van der Waals surface area contributed by atoms with Crippen LogP contribution in [0.5, 0.6) is 0 Å². The summed E-state index contributed by atoms with van der Waals surface area (Å²) in [6, 6.07) is 6.99. The first-order chi connectivity index (χ1) is 15.8. The van der Waals surface area contributed by atoms with Gasteiger partial charge in [0.25, 0.3) is 5.91 Å². The Bertz CT molecular complexity index is 1110. The lowest BCUT2D eigenvalue weighted by Crippen LogP contribution is -2.45. The molecule has 176 valence electrons. The van der Waals surface area contributed by atoms with Gasteiger partial charge in [-0.25, -0.2) is 0 Å². The minimum atomic E-state index is -0.628. The van der Waals surface area contributed by atoms with Crippen molar-refractivity contribution >= 4 is 28.5 Å². The molecule has 0 unspecified atom stereocenters. The molecule has 0 radical (unpaired) electrons. The molecule has 33 heavy (non-hydrogen) atoms. The van der Waals surface area contributed by atoms with Crippen molar-refractivity contribution in [2.45, 2.75) is 70.5 Å². The quantitative estimate of drug-likeness (QED) is 0.668. The van der Waals surface area contributed by atoms with Crippen molar-refractivity contribution in [2.75, 3.05) is 6.61 Å². The summed E-state index contributed by atoms with van der Waals surface area (Å²) in [5.41, 5.74) is 6.22. The number of aliphatic hydroxyl groups is 1. The molecule has 8 heteroatoms. The Hall–Kier alpha value is -2.74. The van der Waals surface area contributed by atoms with Crippen LogP contribution in [0.25, 0.3) is 10.9 Å². The van der Waals surface area contributed by atoms with E-state index >= 15 is 0 Å². The molecule has 3 fully saturated rings. The first-order valence-corrected chi connectivity index (χ1v) is 12.0. The second-order valence-electron chi connectivity index (χ2n) is 10.6. The summed E-state index contributed by atoms with van der Waals surface area (Å²) in [4.78, 5) is 40.3. The number of primary amides is 1. The maximum atomic E-state index is 13.4. The van der Waals surface area contributed by atoms with Gasteiger partial charge >= 0.3 is 0 Å². The number of amides is 2. The molecule has 1 aromatic carbocycles. The smallest absolute Gasteiger partial charge is 0.269 e. The number of nitrogens with zero attached hydrogens (tertiary/aromatic N) is 3. The molecule has 5 rings (SSSR count). The van der Waals surface area contributed by atoms with Gasteiger partial charge in [-0.1, -0.05) is 31.5 Å². The highest BCUT2D eigenvalue weighted by Crippen LogP contribution is 2.49. The Kier molecular flexibility index (Phi) is 5.51. The standard InChI is InChI=1S/C25H32N4O4/c1-25(14-30)8-4-5-15(12-25)9-21(31)20-11-16-10-19(16)29(20)22(32)13-28-18-7-3-2-6-17(18)23(27-28)24(26)33/h2-3,6-7,15-16,19-20,30H,4-5,8-14H2,1H3,(H2,26,33)/t15-,16+,19+,20-,25-/m0/s1. The van der Waals surface area contributed by atoms with E-state index in [9.17, 15) is 19.5 Å². The Morgan fingerprint density at radius 3 is 2.79 bits per heavy atom. The van der Waals surface area contributed by atoms with E-state index in [1.807, 2.05) is 12.1 Å². The van der Waals surface area contributed by atoms with E-state index in [-0.39, 0.29) is 54.0 Å². The van der Waals surface area contributed by atoms with Crippen molar-refractivity contribution in [2.24, 2.45) is 23.0 Å². The molecule has 2 saturated carbocycles. The summed E-state index contributed by atoms with van der Waals surface area (Å²) in [5, 5.41) is 14.7. The number of hydrogen-bond donors (Lipinski definition) is 2. The third kappa shape index (κ3) is 4.05. The summed E-state index contributed by atoms with van der Waals surface area (Å²) >= 11 is 0. The van der Waals surface area contributed by atoms with E-state index in [0.29, 0.717) is 23.2 Å². The number of nitrogens with two attached hydrogens (primary N) is 1. The molecular formula is C25H32N4O4. The number of aliphatic hydroxyl groups excluding tert-OH is 1. The number of Topliss-reactive ketones (excluding diaryl/α,β-unsaturated/α-hetero) is 1. The average Bonchev–Trinajstić information content (AvgIpc) is 3.29. The van der Waals surface area contributed by atoms with Crippen molar-refractivity contribution in [3.63, 3.8) is 0 Å². The van der Waals surface area contributed by atoms with Crippen LogP contribution in [0.3, 0.4) is 0 Å². The van der Waals surface area contributed by atoms with E-state index in [0.717, 1.165) is 38.5 Å². The predicted molar refractivity (Wildman–Crippen MR) is 122 cm³/mol. The van der Waals surface area contributed by atoms with Crippen LogP contribution < -0.4 is 5.73 Å². The molecule has 3 aliphatic rings. The number of likely N-dealkylation sites (tertiary alicyclic amines) is 1. The Morgan fingerprint density at radius 1 is 1.24 bits per heavy atom. The van der Waals surface area contributed by atoms with Gasteiger partial charge in [-0.05, 0) is 55.4 Å². The van der Waals surface area contributed by atoms with E-state index in [1.54, 1.807) is 17.0 Å². The molecule has 2 heterocycles. The maximum Gasteiger partial charge on any atom is 0.269 e. The molecule has 3 N–H and O–H groups in total. The Balaban J connectivity index is 1.32. The molecule has 1 saturated heterocycles. The lowest BCUT2D eigenvalue weighted by molar-refractivity contribution is -0.140. The predicted octanol–water partition coefficient (Wildman–Crippen LogP) is 2.27. The zero-order valence-electron chi connectivity index (χ0n) is 19.1. The fourth-order valence-electron chi connectivity index (χ4n) is 6.20. The second kappa shape index (κ2) is 8.24. The van der Waals surface area contributed by atoms with Crippen molar-refractivity contribution in [3.8, 4) is 0 Å². The first-order valence-electron chi connectivity index (χ1n) is 12.0. The van der Waals surface area contributed by atoms with Crippen LogP contribution in [0.1, 0.15) is 62.4 Å². The minimum Gasteiger partial charge on any atom is -0.396 e. The van der Waals surface area contributed by atoms with Crippen LogP contribution in [0, 0.1) is 17.3 Å². The number of carbonyl (C=O) groups is 3. The van der Waals surface area contributed by atoms with Gasteiger partial charge in [0.15, 0.2) is 11.5 Å². The summed E-state index contributed by atoms with van der Waals surface area (Å²) in [6.07, 6.45) is 6.06. The van der Waals surface area contributed by atoms with Crippen molar-refractivity contribution < 1.29 is 19.5 Å². The Morgan fingerprint density at radius 2 is 2.03 bits per heavy atom. The van der Waals surface area contributed by atoms with Crippen molar-refractivity contribution in [1.29, 1.82) is 0 Å². The molecule has 8 nitrogen and oxygen atoms in total. The number of hydrogen-bond acceptors (Lipinski definition) is 5. The van der Waals surface area contributed by atoms with Crippen LogP contribution in [-0.2, 0) is 16.1 Å². The highest BCUT2D eigenvalue weighted by atomic mass is 16.3. The van der Waals surface area contributed by atoms with Crippen LogP contribution in [0.15, 0.2) is 24.3 Å². The number of fused-ring (bicyclic) bond motifs is 2. The molecule has 2 aliphatic carbocycles. The third-order valence-corrected chi connectivity index (χ3v) is 7.99. The van der Waals surface area contributed by atoms with Crippen LogP contribution >= 0.6 is 0 Å². The summed E-state index contributed by atoms with van der Waals surface area (Å²) in [6.45, 7) is 2.23. The summed E-state index contributed by atoms with van der Waals surface area (Å²) in [5.74, 6) is 0.0616. The third-order valence-electron chi connectivity index (χ3n) is 7.99. The largest absolute Gasteiger partial charge is 0.396 e. The average molecular weight is 453 g/mol. The molecule has 2 amide bonds. The van der Waals surface area contributed by atoms with E-state index in [1.165, 1.54) is 4.68 Å². The number of para-hydroxylation sites is 1. The van der Waals surface area contributed by atoms with Gasteiger partial charge in [-0.3, -0.25) is 19.1 Å². The van der Waals surface area contributed by atoms with E-state index in [4.69, 9.17) is 5.73 Å². The lowest BCUT2D eigenvalue weighted by Gasteiger charge is -2.37. The van der Waals surface area contributed by atoms with Gasteiger partial charge in [0.2, 0.25) is 5.91 Å². The number of benzene rings is 1. The van der Waals surface area contributed by atoms with Gasteiger partial charge in [-0.15, -0.1) is 0 Å². The molecule has 2 aromatic rings. The second-order valence-corrected chi connectivity index (χ2v) is 10.6. The SMILES string of the molecule is C[C@]1(CO)CCC[C@@H](CC(=O)[C@@H]2C[C@H]3C[C@H]3N2C(=O)Cn2nc(C(N)=O)c3ccccc32)C1. The highest BCUT2D eigenvalue weighted by molar-refractivity contribution is 6.04. The van der Waals surface area contributed by atoms with E-state index in [2.05, 4.69) is 12.0 Å². The normalized spacial score (nSPS) is 30.9. The lowest BCUT2D eigenvalue weighted by atomic mass is 9.70. The monoisotopic (exact) mass is 452 g/mol. The molecule has 5 atom stereocenters. The number of carbonyl (C=O) groups excluding carboxylic acids is 3. The summed E-state index contributed by atoms with van der Waals surface area (Å²) in [7, 11) is 0. The minimum absolute atomic E-state index is 0.0210. The fourth-order valence-corrected chi connectivity index (χ4v) is 6.20. The van der Waals surface area contributed by atoms with Crippen molar-refractivity contribution in [3.05, 3.63) is 30.0 Å². The number of piperidine rings is 1. The Labute approximate surface area is 193 Å². The van der Waals surface area contributed by atoms with E-state index < -0.39 is 5.91 Å². The zero-order valence-corrected chi connectivity index (χ0v) is 19.1. The zero-order chi connectivity index (χ0) is 23.3. The van der Waals surface area contributed by atoms with Crippen molar-refractivity contribution in [1.82, 2.24) is 14.7 Å². The molecule has 0 spiro atoms. The molecule has 0 bridgehead atoms. The molecule has 1 aliphatic heterocycles. The fraction of sp³-hybridized carbons (Fsp3) is 0.600. The van der Waals surface area contributed by atoms with Crippen LogP contribution in [-0.4, -0.2) is 56.1 Å².